The lowest BCUT2D eigenvalue weighted by Gasteiger charge is -2.36. The predicted octanol–water partition coefficient (Wildman–Crippen LogP) is 3.77. The third-order valence-corrected chi connectivity index (χ3v) is 4.43. The van der Waals surface area contributed by atoms with Gasteiger partial charge in [-0.15, -0.1) is 0 Å². The van der Waals surface area contributed by atoms with Crippen LogP contribution in [0.2, 0.25) is 0 Å². The van der Waals surface area contributed by atoms with Crippen molar-refractivity contribution >= 4 is 0 Å². The molecule has 1 saturated carbocycles. The number of nitrogens with one attached hydrogen (secondary N) is 1. The molecular weight excluding hydrogens is 234 g/mol. The highest BCUT2D eigenvalue weighted by molar-refractivity contribution is 5.02. The van der Waals surface area contributed by atoms with Gasteiger partial charge in [-0.3, -0.25) is 0 Å². The van der Waals surface area contributed by atoms with E-state index in [9.17, 15) is 0 Å². The molecule has 2 atom stereocenters. The van der Waals surface area contributed by atoms with E-state index in [1.165, 1.54) is 31.4 Å². The van der Waals surface area contributed by atoms with E-state index in [1.54, 1.807) is 0 Å². The van der Waals surface area contributed by atoms with E-state index in [0.717, 1.165) is 18.4 Å². The Kier molecular flexibility index (Phi) is 5.03. The molecule has 0 bridgehead atoms. The molecule has 1 N–H and O–H groups in total. The van der Waals surface area contributed by atoms with Crippen molar-refractivity contribution in [3.05, 3.63) is 18.2 Å². The normalized spacial score (nSPS) is 24.3. The maximum atomic E-state index is 4.39. The highest BCUT2D eigenvalue weighted by Crippen LogP contribution is 2.38. The summed E-state index contributed by atoms with van der Waals surface area (Å²) in [5.74, 6) is 1.57. The second-order valence-corrected chi connectivity index (χ2v) is 6.59. The Balaban J connectivity index is 2.13. The summed E-state index contributed by atoms with van der Waals surface area (Å²) in [6.45, 7) is 10.0. The van der Waals surface area contributed by atoms with Crippen molar-refractivity contribution in [2.45, 2.75) is 72.0 Å². The summed E-state index contributed by atoms with van der Waals surface area (Å²) in [6.07, 6.45) is 9.52. The molecule has 1 aliphatic rings. The zero-order chi connectivity index (χ0) is 13.8. The van der Waals surface area contributed by atoms with E-state index >= 15 is 0 Å². The van der Waals surface area contributed by atoms with Crippen LogP contribution in [0.3, 0.4) is 0 Å². The van der Waals surface area contributed by atoms with Crippen molar-refractivity contribution in [3.63, 3.8) is 0 Å². The van der Waals surface area contributed by atoms with Gasteiger partial charge in [0.2, 0.25) is 0 Å². The summed E-state index contributed by atoms with van der Waals surface area (Å²) in [5.41, 5.74) is 1.34. The van der Waals surface area contributed by atoms with Crippen LogP contribution < -0.4 is 5.32 Å². The average molecular weight is 263 g/mol. The third-order valence-electron chi connectivity index (χ3n) is 4.43. The predicted molar refractivity (Wildman–Crippen MR) is 80.0 cm³/mol. The van der Waals surface area contributed by atoms with Gasteiger partial charge >= 0.3 is 0 Å². The first-order valence-electron chi connectivity index (χ1n) is 7.83. The molecule has 2 rings (SSSR count). The molecule has 1 aliphatic carbocycles. The molecule has 19 heavy (non-hydrogen) atoms. The van der Waals surface area contributed by atoms with Crippen molar-refractivity contribution in [3.8, 4) is 0 Å². The number of hydrogen-bond donors (Lipinski definition) is 1. The summed E-state index contributed by atoms with van der Waals surface area (Å²) in [7, 11) is 0. The molecule has 108 valence electrons. The Morgan fingerprint density at radius 1 is 1.26 bits per heavy atom. The average Bonchev–Trinajstić information content (AvgIpc) is 2.84. The molecule has 0 aliphatic heterocycles. The number of hydrogen-bond acceptors (Lipinski definition) is 2. The summed E-state index contributed by atoms with van der Waals surface area (Å²) in [4.78, 5) is 4.39. The summed E-state index contributed by atoms with van der Waals surface area (Å²) < 4.78 is 2.44. The minimum atomic E-state index is 0.524. The van der Waals surface area contributed by atoms with Gasteiger partial charge in [0, 0.05) is 24.8 Å². The van der Waals surface area contributed by atoms with E-state index < -0.39 is 0 Å². The van der Waals surface area contributed by atoms with E-state index in [2.05, 4.69) is 42.6 Å². The van der Waals surface area contributed by atoms with Gasteiger partial charge in [-0.25, -0.2) is 4.98 Å². The van der Waals surface area contributed by atoms with Crippen LogP contribution in [0.1, 0.15) is 65.1 Å². The zero-order valence-electron chi connectivity index (χ0n) is 12.9. The van der Waals surface area contributed by atoms with Crippen molar-refractivity contribution < 1.29 is 0 Å². The standard InChI is InChI=1S/C16H29N3/c1-12(2)15-7-5-6-8-16(15)19-11-17-9-14(19)10-18-13(3)4/h9,11-13,15-16,18H,5-8,10H2,1-4H3. The lowest BCUT2D eigenvalue weighted by Crippen LogP contribution is -2.30. The van der Waals surface area contributed by atoms with Crippen molar-refractivity contribution in [1.82, 2.24) is 14.9 Å². The molecule has 2 unspecified atom stereocenters. The molecule has 1 fully saturated rings. The van der Waals surface area contributed by atoms with Gasteiger partial charge in [0.15, 0.2) is 0 Å². The van der Waals surface area contributed by atoms with E-state index in [1.807, 2.05) is 12.5 Å². The number of rotatable bonds is 5. The zero-order valence-corrected chi connectivity index (χ0v) is 12.9. The highest BCUT2D eigenvalue weighted by atomic mass is 15.1. The molecule has 1 aromatic heterocycles. The van der Waals surface area contributed by atoms with Gasteiger partial charge < -0.3 is 9.88 Å². The summed E-state index contributed by atoms with van der Waals surface area (Å²) >= 11 is 0. The number of nitrogens with zero attached hydrogens (tertiary/aromatic N) is 2. The third kappa shape index (κ3) is 3.59. The minimum Gasteiger partial charge on any atom is -0.330 e. The molecule has 0 saturated heterocycles. The monoisotopic (exact) mass is 263 g/mol. The molecule has 1 aromatic rings. The SMILES string of the molecule is CC(C)NCc1cncn1C1CCCCC1C(C)C. The fourth-order valence-corrected chi connectivity index (χ4v) is 3.34. The highest BCUT2D eigenvalue weighted by Gasteiger charge is 2.29. The van der Waals surface area contributed by atoms with Crippen molar-refractivity contribution in [2.75, 3.05) is 0 Å². The Bertz CT molecular complexity index is 381. The first-order valence-corrected chi connectivity index (χ1v) is 7.83. The van der Waals surface area contributed by atoms with E-state index in [-0.39, 0.29) is 0 Å². The molecule has 0 radical (unpaired) electrons. The lowest BCUT2D eigenvalue weighted by atomic mass is 9.77. The van der Waals surface area contributed by atoms with E-state index in [4.69, 9.17) is 0 Å². The number of imidazole rings is 1. The quantitative estimate of drug-likeness (QED) is 0.876. The van der Waals surface area contributed by atoms with Crippen LogP contribution >= 0.6 is 0 Å². The van der Waals surface area contributed by atoms with Gasteiger partial charge in [-0.2, -0.15) is 0 Å². The van der Waals surface area contributed by atoms with Crippen LogP contribution in [-0.2, 0) is 6.54 Å². The lowest BCUT2D eigenvalue weighted by molar-refractivity contribution is 0.181. The van der Waals surface area contributed by atoms with Gasteiger partial charge in [0.1, 0.15) is 0 Å². The summed E-state index contributed by atoms with van der Waals surface area (Å²) in [6, 6.07) is 1.18. The Morgan fingerprint density at radius 2 is 2.00 bits per heavy atom. The maximum Gasteiger partial charge on any atom is 0.0951 e. The molecule has 3 heteroatoms. The fraction of sp³-hybridized carbons (Fsp3) is 0.812. The fourth-order valence-electron chi connectivity index (χ4n) is 3.34. The first kappa shape index (κ1) is 14.6. The van der Waals surface area contributed by atoms with Crippen LogP contribution in [0.15, 0.2) is 12.5 Å². The molecule has 0 aromatic carbocycles. The van der Waals surface area contributed by atoms with Crippen LogP contribution in [0.25, 0.3) is 0 Å². The molecule has 0 spiro atoms. The van der Waals surface area contributed by atoms with E-state index in [0.29, 0.717) is 12.1 Å². The van der Waals surface area contributed by atoms with Crippen LogP contribution in [0.4, 0.5) is 0 Å². The van der Waals surface area contributed by atoms with Crippen LogP contribution in [-0.4, -0.2) is 15.6 Å². The maximum absolute atomic E-state index is 4.39. The Morgan fingerprint density at radius 3 is 2.68 bits per heavy atom. The molecule has 1 heterocycles. The van der Waals surface area contributed by atoms with Gasteiger partial charge in [0.05, 0.1) is 12.0 Å². The van der Waals surface area contributed by atoms with Crippen LogP contribution in [0.5, 0.6) is 0 Å². The van der Waals surface area contributed by atoms with Crippen LogP contribution in [0, 0.1) is 11.8 Å². The largest absolute Gasteiger partial charge is 0.330 e. The van der Waals surface area contributed by atoms with Gasteiger partial charge in [-0.05, 0) is 24.7 Å². The molecule has 0 amide bonds. The Labute approximate surface area is 117 Å². The second kappa shape index (κ2) is 6.56. The first-order chi connectivity index (χ1) is 9.09. The molecular formula is C16H29N3. The topological polar surface area (TPSA) is 29.9 Å². The van der Waals surface area contributed by atoms with Gasteiger partial charge in [-0.1, -0.05) is 40.5 Å². The smallest absolute Gasteiger partial charge is 0.0951 e. The Hall–Kier alpha value is -0.830. The van der Waals surface area contributed by atoms with Gasteiger partial charge in [0.25, 0.3) is 0 Å². The second-order valence-electron chi connectivity index (χ2n) is 6.59. The molecule has 3 nitrogen and oxygen atoms in total. The van der Waals surface area contributed by atoms with Crippen molar-refractivity contribution in [2.24, 2.45) is 11.8 Å². The van der Waals surface area contributed by atoms with Crippen molar-refractivity contribution in [1.29, 1.82) is 0 Å². The minimum absolute atomic E-state index is 0.524. The summed E-state index contributed by atoms with van der Waals surface area (Å²) in [5, 5.41) is 3.51. The number of aromatic nitrogens is 2.